The Morgan fingerprint density at radius 2 is 2.00 bits per heavy atom. The number of nitrogens with zero attached hydrogens (tertiary/aromatic N) is 2. The SMILES string of the molecule is Cn1c(C=C2C(=O)Nc3ccc(Br)cc32)nc2ccc(I)cc2c1=O. The van der Waals surface area contributed by atoms with Crippen molar-refractivity contribution in [3.05, 3.63) is 66.2 Å². The van der Waals surface area contributed by atoms with Crippen LogP contribution in [0.3, 0.4) is 0 Å². The summed E-state index contributed by atoms with van der Waals surface area (Å²) >= 11 is 5.59. The van der Waals surface area contributed by atoms with Crippen LogP contribution >= 0.6 is 38.5 Å². The van der Waals surface area contributed by atoms with Gasteiger partial charge in [0.25, 0.3) is 11.5 Å². The molecule has 1 aliphatic rings. The van der Waals surface area contributed by atoms with Crippen molar-refractivity contribution in [3.63, 3.8) is 0 Å². The molecule has 0 spiro atoms. The number of nitrogens with one attached hydrogen (secondary N) is 1. The Hall–Kier alpha value is -2.00. The molecule has 124 valence electrons. The Morgan fingerprint density at radius 3 is 2.80 bits per heavy atom. The molecule has 0 bridgehead atoms. The van der Waals surface area contributed by atoms with Crippen molar-refractivity contribution in [2.75, 3.05) is 5.32 Å². The zero-order valence-corrected chi connectivity index (χ0v) is 16.8. The number of benzene rings is 2. The summed E-state index contributed by atoms with van der Waals surface area (Å²) in [6.07, 6.45) is 1.66. The summed E-state index contributed by atoms with van der Waals surface area (Å²) in [5, 5.41) is 3.39. The summed E-state index contributed by atoms with van der Waals surface area (Å²) in [5.74, 6) is 0.238. The molecule has 1 amide bonds. The van der Waals surface area contributed by atoms with Crippen LogP contribution in [0.1, 0.15) is 11.4 Å². The molecular formula is C18H11BrIN3O2. The smallest absolute Gasteiger partial charge is 0.261 e. The van der Waals surface area contributed by atoms with Crippen LogP contribution in [0.15, 0.2) is 45.7 Å². The molecule has 1 aromatic heterocycles. The average Bonchev–Trinajstić information content (AvgIpc) is 2.88. The Kier molecular flexibility index (Phi) is 3.99. The van der Waals surface area contributed by atoms with Crippen molar-refractivity contribution in [2.24, 2.45) is 7.05 Å². The fourth-order valence-corrected chi connectivity index (χ4v) is 3.67. The summed E-state index contributed by atoms with van der Waals surface area (Å²) < 4.78 is 3.32. The first-order valence-corrected chi connectivity index (χ1v) is 9.30. The second-order valence-electron chi connectivity index (χ2n) is 5.70. The second-order valence-corrected chi connectivity index (χ2v) is 7.86. The molecule has 0 saturated heterocycles. The molecule has 0 aliphatic carbocycles. The highest BCUT2D eigenvalue weighted by Crippen LogP contribution is 2.34. The van der Waals surface area contributed by atoms with Crippen molar-refractivity contribution >= 4 is 72.7 Å². The first kappa shape index (κ1) is 16.5. The number of hydrogen-bond donors (Lipinski definition) is 1. The minimum atomic E-state index is -0.204. The second kappa shape index (κ2) is 6.06. The number of hydrogen-bond acceptors (Lipinski definition) is 3. The normalized spacial score (nSPS) is 14.8. The monoisotopic (exact) mass is 507 g/mol. The van der Waals surface area contributed by atoms with Gasteiger partial charge in [0.2, 0.25) is 0 Å². The zero-order chi connectivity index (χ0) is 17.7. The van der Waals surface area contributed by atoms with Gasteiger partial charge in [-0.3, -0.25) is 14.2 Å². The molecule has 0 atom stereocenters. The van der Waals surface area contributed by atoms with Gasteiger partial charge in [-0.1, -0.05) is 15.9 Å². The van der Waals surface area contributed by atoms with Crippen molar-refractivity contribution in [1.29, 1.82) is 0 Å². The van der Waals surface area contributed by atoms with Gasteiger partial charge in [-0.25, -0.2) is 4.98 Å². The maximum Gasteiger partial charge on any atom is 0.261 e. The highest BCUT2D eigenvalue weighted by atomic mass is 127. The molecule has 0 radical (unpaired) electrons. The summed E-state index contributed by atoms with van der Waals surface area (Å²) in [6.45, 7) is 0. The van der Waals surface area contributed by atoms with Crippen molar-refractivity contribution in [3.8, 4) is 0 Å². The molecular weight excluding hydrogens is 497 g/mol. The van der Waals surface area contributed by atoms with Crippen LogP contribution in [0.2, 0.25) is 0 Å². The lowest BCUT2D eigenvalue weighted by Crippen LogP contribution is -2.21. The number of rotatable bonds is 1. The summed E-state index contributed by atoms with van der Waals surface area (Å²) in [4.78, 5) is 29.5. The molecule has 5 nitrogen and oxygen atoms in total. The van der Waals surface area contributed by atoms with Gasteiger partial charge in [0.1, 0.15) is 5.82 Å². The maximum atomic E-state index is 12.6. The number of amides is 1. The van der Waals surface area contributed by atoms with Gasteiger partial charge < -0.3 is 5.32 Å². The molecule has 0 unspecified atom stereocenters. The first-order chi connectivity index (χ1) is 11.9. The standard InChI is InChI=1S/C18H11BrIN3O2/c1-23-16(21-15-5-3-10(20)7-13(15)18(23)25)8-12-11-6-9(19)2-4-14(11)22-17(12)24/h2-8H,1H3,(H,22,24). The number of anilines is 1. The van der Waals surface area contributed by atoms with Gasteiger partial charge in [-0.15, -0.1) is 0 Å². The van der Waals surface area contributed by atoms with Gasteiger partial charge in [0.05, 0.1) is 16.5 Å². The molecule has 25 heavy (non-hydrogen) atoms. The minimum Gasteiger partial charge on any atom is -0.321 e. The molecule has 7 heteroatoms. The fourth-order valence-electron chi connectivity index (χ4n) is 2.82. The Balaban J connectivity index is 1.95. The van der Waals surface area contributed by atoms with E-state index in [-0.39, 0.29) is 11.5 Å². The lowest BCUT2D eigenvalue weighted by Gasteiger charge is -2.07. The van der Waals surface area contributed by atoms with Crippen LogP contribution in [0.5, 0.6) is 0 Å². The van der Waals surface area contributed by atoms with Gasteiger partial charge in [0.15, 0.2) is 0 Å². The molecule has 0 saturated carbocycles. The first-order valence-electron chi connectivity index (χ1n) is 7.43. The lowest BCUT2D eigenvalue weighted by atomic mass is 10.1. The predicted molar refractivity (Wildman–Crippen MR) is 110 cm³/mol. The van der Waals surface area contributed by atoms with Crippen LogP contribution in [-0.2, 0) is 11.8 Å². The molecule has 3 aromatic rings. The highest BCUT2D eigenvalue weighted by Gasteiger charge is 2.25. The van der Waals surface area contributed by atoms with Crippen LogP contribution < -0.4 is 10.9 Å². The fraction of sp³-hybridized carbons (Fsp3) is 0.0556. The molecule has 1 N–H and O–H groups in total. The quantitative estimate of drug-likeness (QED) is 0.402. The van der Waals surface area contributed by atoms with E-state index in [4.69, 9.17) is 0 Å². The zero-order valence-electron chi connectivity index (χ0n) is 13.0. The molecule has 2 aromatic carbocycles. The molecule has 0 fully saturated rings. The summed E-state index contributed by atoms with van der Waals surface area (Å²) in [7, 11) is 1.66. The Labute approximate surface area is 165 Å². The number of halogens is 2. The molecule has 2 heterocycles. The van der Waals surface area contributed by atoms with E-state index >= 15 is 0 Å². The van der Waals surface area contributed by atoms with Crippen molar-refractivity contribution in [2.45, 2.75) is 0 Å². The molecule has 4 rings (SSSR count). The maximum absolute atomic E-state index is 12.6. The van der Waals surface area contributed by atoms with Crippen molar-refractivity contribution in [1.82, 2.24) is 9.55 Å². The highest BCUT2D eigenvalue weighted by molar-refractivity contribution is 14.1. The van der Waals surface area contributed by atoms with Gasteiger partial charge in [-0.05, 0) is 65.1 Å². The number of aromatic nitrogens is 2. The van der Waals surface area contributed by atoms with Crippen LogP contribution in [-0.4, -0.2) is 15.5 Å². The van der Waals surface area contributed by atoms with Gasteiger partial charge in [0, 0.05) is 26.3 Å². The summed E-state index contributed by atoms with van der Waals surface area (Å²) in [6, 6.07) is 11.1. The van der Waals surface area contributed by atoms with Crippen LogP contribution in [0.4, 0.5) is 5.69 Å². The van der Waals surface area contributed by atoms with Gasteiger partial charge >= 0.3 is 0 Å². The van der Waals surface area contributed by atoms with Crippen LogP contribution in [0.25, 0.3) is 22.6 Å². The number of carbonyl (C=O) groups is 1. The van der Waals surface area contributed by atoms with E-state index in [9.17, 15) is 9.59 Å². The number of carbonyl (C=O) groups excluding carboxylic acids is 1. The van der Waals surface area contributed by atoms with Gasteiger partial charge in [-0.2, -0.15) is 0 Å². The van der Waals surface area contributed by atoms with Crippen molar-refractivity contribution < 1.29 is 4.79 Å². The van der Waals surface area contributed by atoms with Crippen LogP contribution in [0, 0.1) is 3.57 Å². The Morgan fingerprint density at radius 1 is 1.20 bits per heavy atom. The average molecular weight is 508 g/mol. The van der Waals surface area contributed by atoms with E-state index in [1.54, 1.807) is 13.1 Å². The minimum absolute atomic E-state index is 0.136. The lowest BCUT2D eigenvalue weighted by molar-refractivity contribution is -0.110. The predicted octanol–water partition coefficient (Wildman–Crippen LogP) is 3.79. The van der Waals surface area contributed by atoms with E-state index in [1.165, 1.54) is 4.57 Å². The van der Waals surface area contributed by atoms with E-state index in [0.29, 0.717) is 22.3 Å². The van der Waals surface area contributed by atoms with E-state index in [1.807, 2.05) is 36.4 Å². The third-order valence-corrected chi connectivity index (χ3v) is 5.27. The summed E-state index contributed by atoms with van der Waals surface area (Å²) in [5.41, 5.74) is 2.51. The Bertz CT molecular complexity index is 1150. The largest absolute Gasteiger partial charge is 0.321 e. The molecule has 1 aliphatic heterocycles. The number of fused-ring (bicyclic) bond motifs is 2. The third-order valence-electron chi connectivity index (χ3n) is 4.11. The van der Waals surface area contributed by atoms with E-state index < -0.39 is 0 Å². The van der Waals surface area contributed by atoms with E-state index in [0.717, 1.165) is 19.3 Å². The third kappa shape index (κ3) is 2.81. The topological polar surface area (TPSA) is 64.0 Å². The van der Waals surface area contributed by atoms with E-state index in [2.05, 4.69) is 48.8 Å².